The fourth-order valence-electron chi connectivity index (χ4n) is 1.32. The number of alkyl halides is 7. The van der Waals surface area contributed by atoms with Gasteiger partial charge in [-0.2, -0.15) is 26.3 Å². The molecule has 4 nitrogen and oxygen atoms in total. The highest BCUT2D eigenvalue weighted by molar-refractivity contribution is 5.91. The van der Waals surface area contributed by atoms with Crippen LogP contribution in [0.25, 0.3) is 0 Å². The maximum Gasteiger partial charge on any atom is 0.440 e. The summed E-state index contributed by atoms with van der Waals surface area (Å²) < 4.78 is 92.7. The molecular weight excluding hydrogens is 317 g/mol. The lowest BCUT2D eigenvalue weighted by molar-refractivity contribution is -0.384. The number of ether oxygens (including phenoxy) is 1. The van der Waals surface area contributed by atoms with Gasteiger partial charge in [-0.05, 0) is 6.42 Å². The van der Waals surface area contributed by atoms with E-state index in [-0.39, 0.29) is 12.2 Å². The number of carbonyl (C=O) groups is 2. The molecule has 122 valence electrons. The Kier molecular flexibility index (Phi) is 5.76. The fourth-order valence-corrected chi connectivity index (χ4v) is 1.32. The highest BCUT2D eigenvalue weighted by Crippen LogP contribution is 2.50. The molecule has 0 rings (SSSR count). The summed E-state index contributed by atoms with van der Waals surface area (Å²) in [7, 11) is 0. The van der Waals surface area contributed by atoms with Crippen molar-refractivity contribution >= 4 is 11.9 Å². The van der Waals surface area contributed by atoms with Crippen molar-refractivity contribution in [2.24, 2.45) is 0 Å². The quantitative estimate of drug-likeness (QED) is 0.479. The van der Waals surface area contributed by atoms with E-state index in [0.717, 1.165) is 0 Å². The summed E-state index contributed by atoms with van der Waals surface area (Å²) in [5, 5.41) is 8.12. The van der Waals surface area contributed by atoms with Gasteiger partial charge in [-0.1, -0.05) is 6.92 Å². The Morgan fingerprint density at radius 1 is 1.10 bits per heavy atom. The topological polar surface area (TPSA) is 63.6 Å². The van der Waals surface area contributed by atoms with Crippen molar-refractivity contribution in [2.75, 3.05) is 0 Å². The van der Waals surface area contributed by atoms with Gasteiger partial charge in [0.15, 0.2) is 6.17 Å². The second-order valence-electron chi connectivity index (χ2n) is 3.70. The van der Waals surface area contributed by atoms with E-state index in [1.807, 2.05) is 0 Å². The summed E-state index contributed by atoms with van der Waals surface area (Å²) in [5.74, 6) is -4.10. The lowest BCUT2D eigenvalue weighted by atomic mass is 9.93. The van der Waals surface area contributed by atoms with Gasteiger partial charge < -0.3 is 9.84 Å². The van der Waals surface area contributed by atoms with E-state index < -0.39 is 42.5 Å². The van der Waals surface area contributed by atoms with Crippen LogP contribution in [-0.2, 0) is 14.3 Å². The van der Waals surface area contributed by atoms with Crippen LogP contribution in [0.2, 0.25) is 0 Å². The molecule has 0 saturated carbocycles. The summed E-state index contributed by atoms with van der Waals surface area (Å²) in [4.78, 5) is 21.0. The Bertz CT molecular complexity index is 410. The normalized spacial score (nSPS) is 15.0. The van der Waals surface area contributed by atoms with Crippen LogP contribution in [0.1, 0.15) is 13.3 Å². The van der Waals surface area contributed by atoms with E-state index in [4.69, 9.17) is 5.11 Å². The van der Waals surface area contributed by atoms with Gasteiger partial charge in [0.05, 0.1) is 0 Å². The highest BCUT2D eigenvalue weighted by atomic mass is 19.4. The number of hydrogen-bond acceptors (Lipinski definition) is 3. The zero-order chi connectivity index (χ0) is 17.1. The first kappa shape index (κ1) is 19.2. The molecule has 0 spiro atoms. The minimum atomic E-state index is -6.28. The zero-order valence-electron chi connectivity index (χ0n) is 10.3. The largest absolute Gasteiger partial charge is 0.478 e. The van der Waals surface area contributed by atoms with Gasteiger partial charge in [0, 0.05) is 12.2 Å². The molecule has 0 bridgehead atoms. The first-order valence-corrected chi connectivity index (χ1v) is 5.21. The number of carbonyl (C=O) groups excluding carboxylic acids is 1. The SMILES string of the molecule is CCC(F)C(OC(=O)C=CC(=O)O)(C(F)(F)F)C(F)(F)F. The predicted octanol–water partition coefficient (Wildman–Crippen LogP) is 2.78. The van der Waals surface area contributed by atoms with Crippen LogP contribution in [0, 0.1) is 0 Å². The average molecular weight is 326 g/mol. The van der Waals surface area contributed by atoms with Crippen LogP contribution in [0.5, 0.6) is 0 Å². The van der Waals surface area contributed by atoms with E-state index in [0.29, 0.717) is 6.92 Å². The Morgan fingerprint density at radius 3 is 1.81 bits per heavy atom. The summed E-state index contributed by atoms with van der Waals surface area (Å²) in [5.41, 5.74) is -5.37. The molecule has 1 atom stereocenters. The maximum atomic E-state index is 13.3. The molecule has 0 aromatic rings. The van der Waals surface area contributed by atoms with Gasteiger partial charge in [0.1, 0.15) is 0 Å². The molecular formula is C10H9F7O4. The van der Waals surface area contributed by atoms with Gasteiger partial charge >= 0.3 is 29.9 Å². The number of rotatable bonds is 5. The molecule has 0 heterocycles. The monoisotopic (exact) mass is 326 g/mol. The van der Waals surface area contributed by atoms with Crippen LogP contribution in [-0.4, -0.2) is 41.2 Å². The number of aliphatic carboxylic acids is 1. The molecule has 21 heavy (non-hydrogen) atoms. The molecule has 11 heteroatoms. The Hall–Kier alpha value is -1.81. The molecule has 0 aliphatic heterocycles. The third kappa shape index (κ3) is 4.08. The molecule has 0 aliphatic carbocycles. The maximum absolute atomic E-state index is 13.3. The smallest absolute Gasteiger partial charge is 0.440 e. The molecule has 0 amide bonds. The van der Waals surface area contributed by atoms with Crippen molar-refractivity contribution in [1.29, 1.82) is 0 Å². The number of carboxylic acids is 1. The van der Waals surface area contributed by atoms with Gasteiger partial charge in [-0.25, -0.2) is 14.0 Å². The lowest BCUT2D eigenvalue weighted by Gasteiger charge is -2.38. The molecule has 0 aliphatic rings. The lowest BCUT2D eigenvalue weighted by Crippen LogP contribution is -2.65. The number of hydrogen-bond donors (Lipinski definition) is 1. The third-order valence-electron chi connectivity index (χ3n) is 2.27. The van der Waals surface area contributed by atoms with Gasteiger partial charge in [-0.3, -0.25) is 0 Å². The predicted molar refractivity (Wildman–Crippen MR) is 52.9 cm³/mol. The van der Waals surface area contributed by atoms with E-state index in [1.54, 1.807) is 0 Å². The van der Waals surface area contributed by atoms with Crippen LogP contribution in [0.15, 0.2) is 12.2 Å². The highest BCUT2D eigenvalue weighted by Gasteiger charge is 2.78. The molecule has 0 aromatic heterocycles. The van der Waals surface area contributed by atoms with Gasteiger partial charge in [-0.15, -0.1) is 0 Å². The Balaban J connectivity index is 5.82. The molecule has 1 N–H and O–H groups in total. The first-order valence-electron chi connectivity index (χ1n) is 5.21. The third-order valence-corrected chi connectivity index (χ3v) is 2.27. The molecule has 0 saturated heterocycles. The number of halogens is 7. The standard InChI is InChI=1S/C10H9F7O4/c1-2-5(11)8(9(12,13)14,10(15,16)17)21-7(20)4-3-6(18)19/h3-5H,2H2,1H3,(H,18,19). The first-order chi connectivity index (χ1) is 9.29. The van der Waals surface area contributed by atoms with Crippen molar-refractivity contribution in [3.8, 4) is 0 Å². The van der Waals surface area contributed by atoms with Crippen LogP contribution >= 0.6 is 0 Å². The van der Waals surface area contributed by atoms with Gasteiger partial charge in [0.2, 0.25) is 0 Å². The summed E-state index contributed by atoms with van der Waals surface area (Å²) in [6, 6.07) is 0. The molecule has 0 fully saturated rings. The van der Waals surface area contributed by atoms with E-state index >= 15 is 0 Å². The zero-order valence-corrected chi connectivity index (χ0v) is 10.3. The van der Waals surface area contributed by atoms with E-state index in [2.05, 4.69) is 4.74 Å². The van der Waals surface area contributed by atoms with E-state index in [1.165, 1.54) is 0 Å². The van der Waals surface area contributed by atoms with Crippen LogP contribution in [0.4, 0.5) is 30.7 Å². The fraction of sp³-hybridized carbons (Fsp3) is 0.600. The van der Waals surface area contributed by atoms with Crippen molar-refractivity contribution in [3.05, 3.63) is 12.2 Å². The van der Waals surface area contributed by atoms with Crippen molar-refractivity contribution in [2.45, 2.75) is 37.5 Å². The minimum absolute atomic E-state index is 0.0426. The van der Waals surface area contributed by atoms with E-state index in [9.17, 15) is 40.3 Å². The van der Waals surface area contributed by atoms with Crippen molar-refractivity contribution in [3.63, 3.8) is 0 Å². The number of esters is 1. The summed E-state index contributed by atoms with van der Waals surface area (Å²) >= 11 is 0. The molecule has 0 aromatic carbocycles. The van der Waals surface area contributed by atoms with Crippen molar-refractivity contribution in [1.82, 2.24) is 0 Å². The molecule has 0 radical (unpaired) electrons. The van der Waals surface area contributed by atoms with Crippen molar-refractivity contribution < 1.29 is 50.2 Å². The second-order valence-corrected chi connectivity index (χ2v) is 3.70. The van der Waals surface area contributed by atoms with Gasteiger partial charge in [0.25, 0.3) is 0 Å². The second kappa shape index (κ2) is 6.31. The Labute approximate surface area is 113 Å². The Morgan fingerprint density at radius 2 is 1.52 bits per heavy atom. The van der Waals surface area contributed by atoms with Crippen LogP contribution in [0.3, 0.4) is 0 Å². The molecule has 1 unspecified atom stereocenters. The summed E-state index contributed by atoms with van der Waals surface area (Å²) in [6.45, 7) is 0.692. The summed E-state index contributed by atoms with van der Waals surface area (Å²) in [6.07, 6.45) is -17.6. The minimum Gasteiger partial charge on any atom is -0.478 e. The average Bonchev–Trinajstić information content (AvgIpc) is 2.29. The number of carboxylic acid groups (broad SMARTS) is 1. The van der Waals surface area contributed by atoms with Crippen LogP contribution < -0.4 is 0 Å².